The Labute approximate surface area is 133 Å². The Morgan fingerprint density at radius 3 is 2.76 bits per heavy atom. The Balaban J connectivity index is 2.51. The molecular weight excluding hydrogens is 286 g/mol. The molecule has 4 nitrogen and oxygen atoms in total. The standard InChI is InChI=1S/C16H31NO3S/c1-13(2)17-16(15(18)20-4)9-5-7-14(16)8-12-21-11-6-10-19-3/h13-14,17H,5-12H2,1-4H3. The third kappa shape index (κ3) is 5.46. The van der Waals surface area contributed by atoms with Gasteiger partial charge in [0.05, 0.1) is 7.11 Å². The molecule has 0 radical (unpaired) electrons. The van der Waals surface area contributed by atoms with Crippen LogP contribution in [0.25, 0.3) is 0 Å². The lowest BCUT2D eigenvalue weighted by atomic mass is 9.84. The summed E-state index contributed by atoms with van der Waals surface area (Å²) in [6.07, 6.45) is 5.29. The second kappa shape index (κ2) is 9.70. The van der Waals surface area contributed by atoms with E-state index < -0.39 is 5.54 Å². The quantitative estimate of drug-likeness (QED) is 0.496. The van der Waals surface area contributed by atoms with Crippen LogP contribution < -0.4 is 5.32 Å². The number of nitrogens with one attached hydrogen (secondary N) is 1. The van der Waals surface area contributed by atoms with Crippen LogP contribution in [0.5, 0.6) is 0 Å². The summed E-state index contributed by atoms with van der Waals surface area (Å²) in [5.41, 5.74) is -0.462. The molecule has 1 fully saturated rings. The summed E-state index contributed by atoms with van der Waals surface area (Å²) in [7, 11) is 3.24. The number of carbonyl (C=O) groups excluding carboxylic acids is 1. The highest BCUT2D eigenvalue weighted by Gasteiger charge is 2.49. The zero-order chi connectivity index (χ0) is 15.7. The van der Waals surface area contributed by atoms with Gasteiger partial charge in [-0.2, -0.15) is 11.8 Å². The van der Waals surface area contributed by atoms with E-state index in [1.54, 1.807) is 7.11 Å². The average Bonchev–Trinajstić information content (AvgIpc) is 2.85. The van der Waals surface area contributed by atoms with E-state index in [2.05, 4.69) is 19.2 Å². The summed E-state index contributed by atoms with van der Waals surface area (Å²) in [5, 5.41) is 3.51. The number of hydrogen-bond donors (Lipinski definition) is 1. The van der Waals surface area contributed by atoms with Gasteiger partial charge in [-0.3, -0.25) is 10.1 Å². The van der Waals surface area contributed by atoms with Crippen molar-refractivity contribution in [1.29, 1.82) is 0 Å². The van der Waals surface area contributed by atoms with E-state index in [-0.39, 0.29) is 5.97 Å². The van der Waals surface area contributed by atoms with E-state index in [0.29, 0.717) is 12.0 Å². The molecule has 0 saturated heterocycles. The third-order valence-electron chi connectivity index (χ3n) is 4.16. The summed E-state index contributed by atoms with van der Waals surface area (Å²) in [6, 6.07) is 0.291. The fraction of sp³-hybridized carbons (Fsp3) is 0.938. The fourth-order valence-corrected chi connectivity index (χ4v) is 4.29. The van der Waals surface area contributed by atoms with Gasteiger partial charge in [-0.25, -0.2) is 0 Å². The normalized spacial score (nSPS) is 25.5. The Kier molecular flexibility index (Phi) is 8.67. The van der Waals surface area contributed by atoms with Gasteiger partial charge >= 0.3 is 5.97 Å². The molecule has 1 aliphatic carbocycles. The van der Waals surface area contributed by atoms with E-state index in [0.717, 1.165) is 50.2 Å². The lowest BCUT2D eigenvalue weighted by Gasteiger charge is -2.35. The minimum Gasteiger partial charge on any atom is -0.468 e. The summed E-state index contributed by atoms with van der Waals surface area (Å²) >= 11 is 1.96. The highest BCUT2D eigenvalue weighted by atomic mass is 32.2. The van der Waals surface area contributed by atoms with Crippen molar-refractivity contribution in [2.75, 3.05) is 32.3 Å². The van der Waals surface area contributed by atoms with Crippen LogP contribution in [-0.2, 0) is 14.3 Å². The molecule has 0 amide bonds. The van der Waals surface area contributed by atoms with Crippen LogP contribution in [0.1, 0.15) is 46.0 Å². The van der Waals surface area contributed by atoms with Gasteiger partial charge in [0, 0.05) is 19.8 Å². The van der Waals surface area contributed by atoms with E-state index >= 15 is 0 Å². The van der Waals surface area contributed by atoms with Crippen LogP contribution in [0.4, 0.5) is 0 Å². The number of esters is 1. The first-order chi connectivity index (χ1) is 10.1. The zero-order valence-corrected chi connectivity index (χ0v) is 14.8. The van der Waals surface area contributed by atoms with Crippen LogP contribution in [0.3, 0.4) is 0 Å². The molecule has 2 atom stereocenters. The minimum atomic E-state index is -0.462. The van der Waals surface area contributed by atoms with Crippen LogP contribution in [0, 0.1) is 5.92 Å². The number of methoxy groups -OCH3 is 2. The predicted octanol–water partition coefficient (Wildman–Crippen LogP) is 2.86. The van der Waals surface area contributed by atoms with Crippen LogP contribution in [0.2, 0.25) is 0 Å². The first-order valence-corrected chi connectivity index (χ1v) is 9.15. The smallest absolute Gasteiger partial charge is 0.326 e. The molecule has 0 aromatic carbocycles. The molecule has 0 aliphatic heterocycles. The van der Waals surface area contributed by atoms with Gasteiger partial charge in [0.25, 0.3) is 0 Å². The van der Waals surface area contributed by atoms with Gasteiger partial charge < -0.3 is 9.47 Å². The van der Waals surface area contributed by atoms with Crippen molar-refractivity contribution in [2.45, 2.75) is 57.5 Å². The number of thioether (sulfide) groups is 1. The first-order valence-electron chi connectivity index (χ1n) is 7.99. The van der Waals surface area contributed by atoms with Crippen molar-refractivity contribution in [3.8, 4) is 0 Å². The number of hydrogen-bond acceptors (Lipinski definition) is 5. The third-order valence-corrected chi connectivity index (χ3v) is 5.27. The summed E-state index contributed by atoms with van der Waals surface area (Å²) in [6.45, 7) is 5.02. The zero-order valence-electron chi connectivity index (χ0n) is 13.9. The molecular formula is C16H31NO3S. The van der Waals surface area contributed by atoms with E-state index in [4.69, 9.17) is 9.47 Å². The Bertz CT molecular complexity index is 312. The molecule has 1 aliphatic rings. The maximum atomic E-state index is 12.3. The molecule has 1 rings (SSSR count). The second-order valence-corrected chi connectivity index (χ2v) is 7.32. The molecule has 0 heterocycles. The SMILES string of the molecule is COCCCSCCC1CCCC1(NC(C)C)C(=O)OC. The molecule has 0 aromatic heterocycles. The van der Waals surface area contributed by atoms with Gasteiger partial charge in [0.15, 0.2) is 0 Å². The highest BCUT2D eigenvalue weighted by Crippen LogP contribution is 2.40. The number of rotatable bonds is 10. The largest absolute Gasteiger partial charge is 0.468 e. The number of ether oxygens (including phenoxy) is 2. The number of carbonyl (C=O) groups is 1. The predicted molar refractivity (Wildman–Crippen MR) is 88.8 cm³/mol. The Morgan fingerprint density at radius 1 is 1.38 bits per heavy atom. The molecule has 0 bridgehead atoms. The van der Waals surface area contributed by atoms with Crippen molar-refractivity contribution in [2.24, 2.45) is 5.92 Å². The van der Waals surface area contributed by atoms with Gasteiger partial charge in [-0.15, -0.1) is 0 Å². The summed E-state index contributed by atoms with van der Waals surface area (Å²) in [5.74, 6) is 2.54. The van der Waals surface area contributed by atoms with Gasteiger partial charge in [0.2, 0.25) is 0 Å². The maximum Gasteiger partial charge on any atom is 0.326 e. The fourth-order valence-electron chi connectivity index (χ4n) is 3.32. The van der Waals surface area contributed by atoms with Crippen LogP contribution in [0.15, 0.2) is 0 Å². The van der Waals surface area contributed by atoms with Crippen molar-refractivity contribution in [1.82, 2.24) is 5.32 Å². The first kappa shape index (κ1) is 18.8. The summed E-state index contributed by atoms with van der Waals surface area (Å²) < 4.78 is 10.2. The van der Waals surface area contributed by atoms with Gasteiger partial charge in [-0.05, 0) is 57.0 Å². The molecule has 21 heavy (non-hydrogen) atoms. The van der Waals surface area contributed by atoms with Gasteiger partial charge in [0.1, 0.15) is 5.54 Å². The second-order valence-electron chi connectivity index (χ2n) is 6.10. The van der Waals surface area contributed by atoms with Gasteiger partial charge in [-0.1, -0.05) is 6.42 Å². The topological polar surface area (TPSA) is 47.6 Å². The molecule has 5 heteroatoms. The Hall–Kier alpha value is -0.260. The average molecular weight is 317 g/mol. The van der Waals surface area contributed by atoms with Crippen LogP contribution >= 0.6 is 11.8 Å². The molecule has 1 N–H and O–H groups in total. The lowest BCUT2D eigenvalue weighted by molar-refractivity contribution is -0.150. The van der Waals surface area contributed by atoms with Crippen LogP contribution in [-0.4, -0.2) is 49.9 Å². The molecule has 0 spiro atoms. The maximum absolute atomic E-state index is 12.3. The molecule has 2 unspecified atom stereocenters. The highest BCUT2D eigenvalue weighted by molar-refractivity contribution is 7.99. The van der Waals surface area contributed by atoms with Crippen molar-refractivity contribution in [3.63, 3.8) is 0 Å². The monoisotopic (exact) mass is 317 g/mol. The van der Waals surface area contributed by atoms with E-state index in [1.807, 2.05) is 11.8 Å². The van der Waals surface area contributed by atoms with E-state index in [9.17, 15) is 4.79 Å². The van der Waals surface area contributed by atoms with Crippen molar-refractivity contribution in [3.05, 3.63) is 0 Å². The lowest BCUT2D eigenvalue weighted by Crippen LogP contribution is -2.57. The molecule has 0 aromatic rings. The van der Waals surface area contributed by atoms with E-state index in [1.165, 1.54) is 7.11 Å². The molecule has 124 valence electrons. The Morgan fingerprint density at radius 2 is 2.14 bits per heavy atom. The molecule has 1 saturated carbocycles. The van der Waals surface area contributed by atoms with Crippen molar-refractivity contribution < 1.29 is 14.3 Å². The minimum absolute atomic E-state index is 0.0805. The van der Waals surface area contributed by atoms with Crippen molar-refractivity contribution >= 4 is 17.7 Å². The summed E-state index contributed by atoms with van der Waals surface area (Å²) in [4.78, 5) is 12.3.